The number of nitrogens with one attached hydrogen (secondary N) is 2. The van der Waals surface area contributed by atoms with Gasteiger partial charge in [0.25, 0.3) is 0 Å². The summed E-state index contributed by atoms with van der Waals surface area (Å²) in [4.78, 5) is 24.2. The Morgan fingerprint density at radius 1 is 1.42 bits per heavy atom. The fourth-order valence-electron chi connectivity index (χ4n) is 1.66. The largest absolute Gasteiger partial charge is 0.481 e. The van der Waals surface area contributed by atoms with Crippen molar-refractivity contribution in [3.8, 4) is 0 Å². The number of hydrogen-bond acceptors (Lipinski definition) is 4. The maximum absolute atomic E-state index is 11.7. The molecule has 0 aliphatic heterocycles. The van der Waals surface area contributed by atoms with Gasteiger partial charge < -0.3 is 15.7 Å². The van der Waals surface area contributed by atoms with E-state index in [0.717, 1.165) is 22.6 Å². The lowest BCUT2D eigenvalue weighted by molar-refractivity contribution is -0.136. The van der Waals surface area contributed by atoms with Crippen LogP contribution in [0.1, 0.15) is 29.5 Å². The molecule has 3 N–H and O–H groups in total. The van der Waals surface area contributed by atoms with Gasteiger partial charge in [0.1, 0.15) is 0 Å². The van der Waals surface area contributed by atoms with Gasteiger partial charge in [0, 0.05) is 22.3 Å². The van der Waals surface area contributed by atoms with Crippen molar-refractivity contribution in [1.29, 1.82) is 0 Å². The second-order valence-electron chi connectivity index (χ2n) is 4.82. The Balaban J connectivity index is 1.75. The standard InChI is InChI=1S/C13H18N2O3S/c1-8(13(18)15-9-2-3-9)14-7-11-5-4-10(19-11)6-12(16)17/h4-5,8-9,14H,2-3,6-7H2,1H3,(H,15,18)(H,16,17). The lowest BCUT2D eigenvalue weighted by Gasteiger charge is -2.12. The number of carbonyl (C=O) groups is 2. The van der Waals surface area contributed by atoms with Gasteiger partial charge in [-0.25, -0.2) is 0 Å². The first-order chi connectivity index (χ1) is 9.04. The van der Waals surface area contributed by atoms with Crippen LogP contribution in [0.2, 0.25) is 0 Å². The molecule has 1 aliphatic rings. The van der Waals surface area contributed by atoms with Crippen molar-refractivity contribution in [3.63, 3.8) is 0 Å². The number of aliphatic carboxylic acids is 1. The van der Waals surface area contributed by atoms with Gasteiger partial charge in [-0.1, -0.05) is 0 Å². The molecule has 1 unspecified atom stereocenters. The summed E-state index contributed by atoms with van der Waals surface area (Å²) in [6, 6.07) is 3.87. The molecule has 1 atom stereocenters. The van der Waals surface area contributed by atoms with Crippen LogP contribution in [0.4, 0.5) is 0 Å². The molecule has 1 saturated carbocycles. The predicted molar refractivity (Wildman–Crippen MR) is 73.1 cm³/mol. The Bertz CT molecular complexity index is 468. The van der Waals surface area contributed by atoms with Gasteiger partial charge in [-0.2, -0.15) is 0 Å². The second kappa shape index (κ2) is 6.16. The molecular formula is C13H18N2O3S. The summed E-state index contributed by atoms with van der Waals surface area (Å²) in [7, 11) is 0. The van der Waals surface area contributed by atoms with Crippen molar-refractivity contribution >= 4 is 23.2 Å². The summed E-state index contributed by atoms with van der Waals surface area (Å²) in [6.07, 6.45) is 2.23. The van der Waals surface area contributed by atoms with Crippen molar-refractivity contribution < 1.29 is 14.7 Å². The topological polar surface area (TPSA) is 78.4 Å². The Hall–Kier alpha value is -1.40. The summed E-state index contributed by atoms with van der Waals surface area (Å²) >= 11 is 1.47. The number of hydrogen-bond donors (Lipinski definition) is 3. The van der Waals surface area contributed by atoms with Crippen LogP contribution >= 0.6 is 11.3 Å². The zero-order chi connectivity index (χ0) is 13.8. The highest BCUT2D eigenvalue weighted by Crippen LogP contribution is 2.19. The van der Waals surface area contributed by atoms with Crippen LogP contribution in [0, 0.1) is 0 Å². The Kier molecular flexibility index (Phi) is 4.55. The van der Waals surface area contributed by atoms with E-state index >= 15 is 0 Å². The molecule has 1 amide bonds. The Morgan fingerprint density at radius 3 is 2.74 bits per heavy atom. The Labute approximate surface area is 116 Å². The molecule has 19 heavy (non-hydrogen) atoms. The minimum atomic E-state index is -0.821. The molecule has 2 rings (SSSR count). The molecule has 104 valence electrons. The van der Waals surface area contributed by atoms with E-state index in [4.69, 9.17) is 5.11 Å². The SMILES string of the molecule is CC(NCc1ccc(CC(=O)O)s1)C(=O)NC1CC1. The van der Waals surface area contributed by atoms with Crippen LogP contribution in [-0.4, -0.2) is 29.1 Å². The molecule has 1 aliphatic carbocycles. The highest BCUT2D eigenvalue weighted by Gasteiger charge is 2.25. The van der Waals surface area contributed by atoms with Crippen LogP contribution in [0.15, 0.2) is 12.1 Å². The van der Waals surface area contributed by atoms with Gasteiger partial charge in [0.05, 0.1) is 12.5 Å². The molecule has 0 spiro atoms. The van der Waals surface area contributed by atoms with E-state index in [9.17, 15) is 9.59 Å². The maximum Gasteiger partial charge on any atom is 0.308 e. The van der Waals surface area contributed by atoms with E-state index in [-0.39, 0.29) is 18.4 Å². The van der Waals surface area contributed by atoms with Crippen molar-refractivity contribution in [2.75, 3.05) is 0 Å². The third kappa shape index (κ3) is 4.65. The van der Waals surface area contributed by atoms with Crippen LogP contribution < -0.4 is 10.6 Å². The van der Waals surface area contributed by atoms with E-state index in [2.05, 4.69) is 10.6 Å². The molecule has 1 aromatic heterocycles. The molecule has 5 nitrogen and oxygen atoms in total. The highest BCUT2D eigenvalue weighted by atomic mass is 32.1. The molecule has 6 heteroatoms. The third-order valence-corrected chi connectivity index (χ3v) is 4.03. The molecular weight excluding hydrogens is 264 g/mol. The number of amides is 1. The van der Waals surface area contributed by atoms with Gasteiger partial charge >= 0.3 is 5.97 Å². The van der Waals surface area contributed by atoms with E-state index in [1.54, 1.807) is 0 Å². The Morgan fingerprint density at radius 2 is 2.11 bits per heavy atom. The van der Waals surface area contributed by atoms with Crippen LogP contribution in [-0.2, 0) is 22.6 Å². The first-order valence-corrected chi connectivity index (χ1v) is 7.19. The van der Waals surface area contributed by atoms with E-state index in [1.807, 2.05) is 19.1 Å². The van der Waals surface area contributed by atoms with E-state index in [0.29, 0.717) is 12.6 Å². The first-order valence-electron chi connectivity index (χ1n) is 6.37. The molecule has 0 aromatic carbocycles. The summed E-state index contributed by atoms with van der Waals surface area (Å²) in [5, 5.41) is 14.8. The van der Waals surface area contributed by atoms with E-state index in [1.165, 1.54) is 11.3 Å². The zero-order valence-corrected chi connectivity index (χ0v) is 11.6. The zero-order valence-electron chi connectivity index (χ0n) is 10.8. The predicted octanol–water partition coefficient (Wildman–Crippen LogP) is 1.13. The lowest BCUT2D eigenvalue weighted by atomic mass is 10.3. The molecule has 1 aromatic rings. The quantitative estimate of drug-likeness (QED) is 0.700. The average molecular weight is 282 g/mol. The van der Waals surface area contributed by atoms with Gasteiger partial charge in [0.2, 0.25) is 5.91 Å². The minimum absolute atomic E-state index is 0.0322. The van der Waals surface area contributed by atoms with Gasteiger partial charge in [-0.3, -0.25) is 9.59 Å². The molecule has 1 heterocycles. The smallest absolute Gasteiger partial charge is 0.308 e. The fourth-order valence-corrected chi connectivity index (χ4v) is 2.62. The lowest BCUT2D eigenvalue weighted by Crippen LogP contribution is -2.42. The van der Waals surface area contributed by atoms with E-state index < -0.39 is 5.97 Å². The number of carboxylic acids is 1. The van der Waals surface area contributed by atoms with Crippen LogP contribution in [0.3, 0.4) is 0 Å². The third-order valence-electron chi connectivity index (χ3n) is 2.94. The van der Waals surface area contributed by atoms with Crippen molar-refractivity contribution in [2.45, 2.75) is 44.8 Å². The number of rotatable bonds is 7. The average Bonchev–Trinajstić information content (AvgIpc) is 3.04. The summed E-state index contributed by atoms with van der Waals surface area (Å²) in [5.74, 6) is -0.789. The minimum Gasteiger partial charge on any atom is -0.481 e. The monoisotopic (exact) mass is 282 g/mol. The van der Waals surface area contributed by atoms with Crippen LogP contribution in [0.5, 0.6) is 0 Å². The molecule has 0 saturated heterocycles. The number of thiophene rings is 1. The molecule has 0 bridgehead atoms. The second-order valence-corrected chi connectivity index (χ2v) is 6.08. The van der Waals surface area contributed by atoms with Gasteiger partial charge in [-0.15, -0.1) is 11.3 Å². The summed E-state index contributed by atoms with van der Waals surface area (Å²) < 4.78 is 0. The normalized spacial score (nSPS) is 16.1. The maximum atomic E-state index is 11.7. The molecule has 1 fully saturated rings. The van der Waals surface area contributed by atoms with Gasteiger partial charge in [-0.05, 0) is 31.9 Å². The van der Waals surface area contributed by atoms with Crippen molar-refractivity contribution in [2.24, 2.45) is 0 Å². The number of carboxylic acid groups (broad SMARTS) is 1. The first kappa shape index (κ1) is 14.0. The van der Waals surface area contributed by atoms with Crippen LogP contribution in [0.25, 0.3) is 0 Å². The number of carbonyl (C=O) groups excluding carboxylic acids is 1. The van der Waals surface area contributed by atoms with Gasteiger partial charge in [0.15, 0.2) is 0 Å². The van der Waals surface area contributed by atoms with Crippen molar-refractivity contribution in [1.82, 2.24) is 10.6 Å². The molecule has 0 radical (unpaired) electrons. The summed E-state index contributed by atoms with van der Waals surface area (Å²) in [5.41, 5.74) is 0. The van der Waals surface area contributed by atoms with Crippen molar-refractivity contribution in [3.05, 3.63) is 21.9 Å². The fraction of sp³-hybridized carbons (Fsp3) is 0.538. The highest BCUT2D eigenvalue weighted by molar-refractivity contribution is 7.12. The summed E-state index contributed by atoms with van der Waals surface area (Å²) in [6.45, 7) is 2.42.